The summed E-state index contributed by atoms with van der Waals surface area (Å²) in [4.78, 5) is 29.1. The van der Waals surface area contributed by atoms with Gasteiger partial charge < -0.3 is 19.9 Å². The minimum atomic E-state index is -0.537. The Morgan fingerprint density at radius 3 is 3.14 bits per heavy atom. The predicted molar refractivity (Wildman–Crippen MR) is 107 cm³/mol. The minimum Gasteiger partial charge on any atom is -0.453 e. The van der Waals surface area contributed by atoms with Gasteiger partial charge in [0.15, 0.2) is 17.5 Å². The molecule has 10 heteroatoms. The van der Waals surface area contributed by atoms with Crippen LogP contribution < -0.4 is 5.32 Å². The van der Waals surface area contributed by atoms with E-state index < -0.39 is 5.82 Å². The lowest BCUT2D eigenvalue weighted by Gasteiger charge is -2.31. The van der Waals surface area contributed by atoms with Gasteiger partial charge in [-0.1, -0.05) is 11.6 Å². The fourth-order valence-electron chi connectivity index (χ4n) is 3.55. The van der Waals surface area contributed by atoms with Crippen LogP contribution in [0.15, 0.2) is 24.7 Å². The molecule has 1 amide bonds. The van der Waals surface area contributed by atoms with Crippen LogP contribution in [0.2, 0.25) is 5.02 Å². The first-order valence-electron chi connectivity index (χ1n) is 9.27. The number of halogens is 2. The number of ether oxygens (including phenoxy) is 1. The number of carbonyl (C=O) groups excluding carboxylic acids is 1. The van der Waals surface area contributed by atoms with Crippen molar-refractivity contribution in [3.05, 3.63) is 35.5 Å². The molecular weight excluding hydrogens is 399 g/mol. The van der Waals surface area contributed by atoms with E-state index in [1.807, 2.05) is 0 Å². The normalized spacial score (nSPS) is 16.8. The molecule has 0 saturated carbocycles. The largest absolute Gasteiger partial charge is 0.453 e. The Labute approximate surface area is 171 Å². The fraction of sp³-hybridized carbons (Fsp3) is 0.368. The average molecular weight is 419 g/mol. The molecular formula is C19H20ClFN6O2. The van der Waals surface area contributed by atoms with Crippen molar-refractivity contribution in [2.45, 2.75) is 12.8 Å². The molecule has 0 aromatic carbocycles. The van der Waals surface area contributed by atoms with Gasteiger partial charge in [-0.2, -0.15) is 0 Å². The first-order valence-corrected chi connectivity index (χ1v) is 9.65. The lowest BCUT2D eigenvalue weighted by atomic mass is 9.98. The van der Waals surface area contributed by atoms with Crippen molar-refractivity contribution in [3.63, 3.8) is 0 Å². The Bertz CT molecular complexity index is 1040. The maximum atomic E-state index is 14.3. The van der Waals surface area contributed by atoms with Crippen molar-refractivity contribution in [1.82, 2.24) is 24.8 Å². The third-order valence-electron chi connectivity index (χ3n) is 4.99. The molecule has 1 fully saturated rings. The van der Waals surface area contributed by atoms with Crippen LogP contribution in [-0.4, -0.2) is 57.7 Å². The summed E-state index contributed by atoms with van der Waals surface area (Å²) in [6, 6.07) is 1.76. The number of hydrogen-bond donors (Lipinski definition) is 2. The van der Waals surface area contributed by atoms with Gasteiger partial charge in [0.1, 0.15) is 5.65 Å². The highest BCUT2D eigenvalue weighted by Crippen LogP contribution is 2.28. The maximum Gasteiger partial charge on any atom is 0.409 e. The molecule has 4 heterocycles. The molecule has 4 rings (SSSR count). The number of anilines is 1. The second-order valence-electron chi connectivity index (χ2n) is 6.95. The highest BCUT2D eigenvalue weighted by molar-refractivity contribution is 6.31. The van der Waals surface area contributed by atoms with Crippen LogP contribution in [0.25, 0.3) is 22.4 Å². The number of H-pyrrole nitrogens is 1. The lowest BCUT2D eigenvalue weighted by molar-refractivity contribution is 0.104. The molecule has 1 aliphatic rings. The number of amides is 1. The second kappa shape index (κ2) is 8.20. The SMILES string of the molecule is COC(=O)N1CCC[C@@H](CNc2nc(-c3c[nH]c4ncc(Cl)cc34)ncc2F)C1. The number of carbonyl (C=O) groups is 1. The zero-order valence-electron chi connectivity index (χ0n) is 15.8. The van der Waals surface area contributed by atoms with Gasteiger partial charge in [-0.15, -0.1) is 0 Å². The zero-order chi connectivity index (χ0) is 20.4. The van der Waals surface area contributed by atoms with Gasteiger partial charge in [0.25, 0.3) is 0 Å². The van der Waals surface area contributed by atoms with E-state index in [9.17, 15) is 9.18 Å². The van der Waals surface area contributed by atoms with E-state index in [1.165, 1.54) is 7.11 Å². The number of nitrogens with one attached hydrogen (secondary N) is 2. The Balaban J connectivity index is 1.51. The third-order valence-corrected chi connectivity index (χ3v) is 5.20. The number of fused-ring (bicyclic) bond motifs is 1. The van der Waals surface area contributed by atoms with Gasteiger partial charge in [0, 0.05) is 43.0 Å². The van der Waals surface area contributed by atoms with E-state index in [4.69, 9.17) is 16.3 Å². The first kappa shape index (κ1) is 19.4. The number of aromatic nitrogens is 4. The summed E-state index contributed by atoms with van der Waals surface area (Å²) >= 11 is 6.05. The lowest BCUT2D eigenvalue weighted by Crippen LogP contribution is -2.41. The summed E-state index contributed by atoms with van der Waals surface area (Å²) in [5.41, 5.74) is 1.34. The third kappa shape index (κ3) is 4.09. The average Bonchev–Trinajstić information content (AvgIpc) is 3.16. The number of hydrogen-bond acceptors (Lipinski definition) is 6. The highest BCUT2D eigenvalue weighted by atomic mass is 35.5. The summed E-state index contributed by atoms with van der Waals surface area (Å²) in [7, 11) is 1.37. The predicted octanol–water partition coefficient (Wildman–Crippen LogP) is 3.70. The maximum absolute atomic E-state index is 14.3. The topological polar surface area (TPSA) is 96.0 Å². The summed E-state index contributed by atoms with van der Waals surface area (Å²) in [5, 5.41) is 4.32. The van der Waals surface area contributed by atoms with E-state index >= 15 is 0 Å². The molecule has 2 N–H and O–H groups in total. The molecule has 3 aromatic heterocycles. The molecule has 0 spiro atoms. The quantitative estimate of drug-likeness (QED) is 0.670. The number of rotatable bonds is 4. The molecule has 8 nitrogen and oxygen atoms in total. The smallest absolute Gasteiger partial charge is 0.409 e. The van der Waals surface area contributed by atoms with Gasteiger partial charge in [-0.05, 0) is 24.8 Å². The molecule has 152 valence electrons. The van der Waals surface area contributed by atoms with Crippen LogP contribution in [0.3, 0.4) is 0 Å². The molecule has 29 heavy (non-hydrogen) atoms. The van der Waals surface area contributed by atoms with E-state index in [0.717, 1.165) is 24.4 Å². The van der Waals surface area contributed by atoms with Crippen molar-refractivity contribution in [1.29, 1.82) is 0 Å². The Morgan fingerprint density at radius 2 is 2.31 bits per heavy atom. The molecule has 1 saturated heterocycles. The number of likely N-dealkylation sites (tertiary alicyclic amines) is 1. The molecule has 1 atom stereocenters. The standard InChI is InChI=1S/C19H20ClFN6O2/c1-29-19(28)27-4-2-3-11(10-27)6-22-18-15(21)9-25-17(26-18)14-8-24-16-13(14)5-12(20)7-23-16/h5,7-9,11H,2-4,6,10H2,1H3,(H,23,24)(H,22,25,26)/t11-/m0/s1. The van der Waals surface area contributed by atoms with Crippen molar-refractivity contribution in [2.75, 3.05) is 32.1 Å². The van der Waals surface area contributed by atoms with Crippen molar-refractivity contribution < 1.29 is 13.9 Å². The van der Waals surface area contributed by atoms with E-state index in [2.05, 4.69) is 25.3 Å². The Hall–Kier alpha value is -2.94. The van der Waals surface area contributed by atoms with Gasteiger partial charge >= 0.3 is 6.09 Å². The molecule has 3 aromatic rings. The van der Waals surface area contributed by atoms with Crippen LogP contribution in [-0.2, 0) is 4.74 Å². The van der Waals surface area contributed by atoms with Crippen molar-refractivity contribution >= 4 is 34.5 Å². The first-order chi connectivity index (χ1) is 14.0. The van der Waals surface area contributed by atoms with Crippen molar-refractivity contribution in [2.24, 2.45) is 5.92 Å². The van der Waals surface area contributed by atoms with E-state index in [0.29, 0.717) is 41.7 Å². The number of methoxy groups -OCH3 is 1. The van der Waals surface area contributed by atoms with Gasteiger partial charge in [-0.3, -0.25) is 0 Å². The Morgan fingerprint density at radius 1 is 1.45 bits per heavy atom. The monoisotopic (exact) mass is 418 g/mol. The molecule has 0 unspecified atom stereocenters. The van der Waals surface area contributed by atoms with E-state index in [1.54, 1.807) is 23.4 Å². The van der Waals surface area contributed by atoms with Gasteiger partial charge in [-0.25, -0.2) is 24.1 Å². The van der Waals surface area contributed by atoms with Crippen LogP contribution in [0.1, 0.15) is 12.8 Å². The zero-order valence-corrected chi connectivity index (χ0v) is 16.5. The van der Waals surface area contributed by atoms with Crippen LogP contribution in [0.5, 0.6) is 0 Å². The number of aromatic amines is 1. The summed E-state index contributed by atoms with van der Waals surface area (Å²) < 4.78 is 19.1. The van der Waals surface area contributed by atoms with Crippen LogP contribution >= 0.6 is 11.6 Å². The molecule has 0 radical (unpaired) electrons. The summed E-state index contributed by atoms with van der Waals surface area (Å²) in [6.07, 6.45) is 5.89. The van der Waals surface area contributed by atoms with Crippen LogP contribution in [0, 0.1) is 11.7 Å². The van der Waals surface area contributed by atoms with Crippen LogP contribution in [0.4, 0.5) is 15.0 Å². The van der Waals surface area contributed by atoms with Gasteiger partial charge in [0.05, 0.1) is 18.3 Å². The highest BCUT2D eigenvalue weighted by Gasteiger charge is 2.24. The number of piperidine rings is 1. The van der Waals surface area contributed by atoms with E-state index in [-0.39, 0.29) is 17.8 Å². The fourth-order valence-corrected chi connectivity index (χ4v) is 3.71. The number of nitrogens with zero attached hydrogens (tertiary/aromatic N) is 4. The van der Waals surface area contributed by atoms with Crippen molar-refractivity contribution in [3.8, 4) is 11.4 Å². The summed E-state index contributed by atoms with van der Waals surface area (Å²) in [6.45, 7) is 1.72. The molecule has 1 aliphatic heterocycles. The summed E-state index contributed by atoms with van der Waals surface area (Å²) in [5.74, 6) is 0.126. The molecule has 0 aliphatic carbocycles. The second-order valence-corrected chi connectivity index (χ2v) is 7.38. The minimum absolute atomic E-state index is 0.120. The van der Waals surface area contributed by atoms with Gasteiger partial charge in [0.2, 0.25) is 0 Å². The number of pyridine rings is 1. The molecule has 0 bridgehead atoms. The Kier molecular flexibility index (Phi) is 5.48.